The largest absolute Gasteiger partial charge is 0.342 e. The molecule has 0 atom stereocenters. The zero-order chi connectivity index (χ0) is 13.0. The van der Waals surface area contributed by atoms with Crippen molar-refractivity contribution in [3.05, 3.63) is 34.9 Å². The quantitative estimate of drug-likeness (QED) is 0.783. The molecular formula is C16H23NO. The van der Waals surface area contributed by atoms with Crippen LogP contribution in [-0.4, -0.2) is 23.9 Å². The van der Waals surface area contributed by atoms with Crippen molar-refractivity contribution in [2.24, 2.45) is 0 Å². The van der Waals surface area contributed by atoms with Crippen LogP contribution in [0.4, 0.5) is 0 Å². The van der Waals surface area contributed by atoms with E-state index in [0.29, 0.717) is 12.3 Å². The average Bonchev–Trinajstić information content (AvgIpc) is 2.62. The molecule has 98 valence electrons. The molecule has 1 aliphatic rings. The van der Waals surface area contributed by atoms with Gasteiger partial charge >= 0.3 is 0 Å². The lowest BCUT2D eigenvalue weighted by molar-refractivity contribution is -0.130. The van der Waals surface area contributed by atoms with Gasteiger partial charge in [0.2, 0.25) is 5.91 Å². The van der Waals surface area contributed by atoms with E-state index in [1.807, 2.05) is 4.90 Å². The van der Waals surface area contributed by atoms with Crippen LogP contribution in [0.2, 0.25) is 0 Å². The molecule has 0 saturated carbocycles. The van der Waals surface area contributed by atoms with E-state index in [0.717, 1.165) is 18.7 Å². The van der Waals surface area contributed by atoms with Crippen LogP contribution in [-0.2, 0) is 11.2 Å². The van der Waals surface area contributed by atoms with Crippen molar-refractivity contribution >= 4 is 5.91 Å². The maximum atomic E-state index is 12.2. The third-order valence-corrected chi connectivity index (χ3v) is 3.89. The molecule has 1 aromatic carbocycles. The van der Waals surface area contributed by atoms with E-state index in [2.05, 4.69) is 32.0 Å². The molecule has 1 saturated heterocycles. The maximum Gasteiger partial charge on any atom is 0.226 e. The lowest BCUT2D eigenvalue weighted by Gasteiger charge is -2.20. The highest BCUT2D eigenvalue weighted by Crippen LogP contribution is 2.14. The second-order valence-electron chi connectivity index (χ2n) is 5.39. The summed E-state index contributed by atoms with van der Waals surface area (Å²) in [6.07, 6.45) is 5.43. The third kappa shape index (κ3) is 3.34. The van der Waals surface area contributed by atoms with Gasteiger partial charge < -0.3 is 4.90 Å². The summed E-state index contributed by atoms with van der Waals surface area (Å²) in [5.41, 5.74) is 3.71. The van der Waals surface area contributed by atoms with Crippen LogP contribution in [0.3, 0.4) is 0 Å². The fraction of sp³-hybridized carbons (Fsp3) is 0.562. The summed E-state index contributed by atoms with van der Waals surface area (Å²) in [5.74, 6) is 0.292. The molecule has 0 aromatic heterocycles. The molecule has 0 bridgehead atoms. The number of hydrogen-bond acceptors (Lipinski definition) is 1. The van der Waals surface area contributed by atoms with E-state index in [4.69, 9.17) is 0 Å². The van der Waals surface area contributed by atoms with Crippen LogP contribution in [0, 0.1) is 13.8 Å². The summed E-state index contributed by atoms with van der Waals surface area (Å²) in [6.45, 7) is 6.11. The first-order chi connectivity index (χ1) is 8.66. The van der Waals surface area contributed by atoms with E-state index in [9.17, 15) is 4.79 Å². The summed E-state index contributed by atoms with van der Waals surface area (Å²) >= 11 is 0. The summed E-state index contributed by atoms with van der Waals surface area (Å²) in [6, 6.07) is 6.34. The lowest BCUT2D eigenvalue weighted by atomic mass is 10.0. The van der Waals surface area contributed by atoms with Gasteiger partial charge in [-0.3, -0.25) is 4.79 Å². The van der Waals surface area contributed by atoms with Crippen LogP contribution >= 0.6 is 0 Å². The lowest BCUT2D eigenvalue weighted by Crippen LogP contribution is -2.33. The minimum atomic E-state index is 0.292. The summed E-state index contributed by atoms with van der Waals surface area (Å²) < 4.78 is 0. The Balaban J connectivity index is 1.99. The van der Waals surface area contributed by atoms with Crippen molar-refractivity contribution in [3.63, 3.8) is 0 Å². The SMILES string of the molecule is Cc1ccc(CC(=O)N2CCCCCC2)cc1C. The number of aryl methyl sites for hydroxylation is 2. The molecule has 2 rings (SSSR count). The molecule has 1 aromatic rings. The predicted octanol–water partition coefficient (Wildman–Crippen LogP) is 3.25. The van der Waals surface area contributed by atoms with Gasteiger partial charge in [0.25, 0.3) is 0 Å². The van der Waals surface area contributed by atoms with Gasteiger partial charge in [-0.15, -0.1) is 0 Å². The molecule has 0 radical (unpaired) electrons. The molecule has 18 heavy (non-hydrogen) atoms. The fourth-order valence-electron chi connectivity index (χ4n) is 2.52. The second kappa shape index (κ2) is 6.03. The zero-order valence-electron chi connectivity index (χ0n) is 11.5. The standard InChI is InChI=1S/C16H23NO/c1-13-7-8-15(11-14(13)2)12-16(18)17-9-5-3-4-6-10-17/h7-8,11H,3-6,9-10,12H2,1-2H3. The normalized spacial score (nSPS) is 16.4. The van der Waals surface area contributed by atoms with E-state index in [1.54, 1.807) is 0 Å². The number of likely N-dealkylation sites (tertiary alicyclic amines) is 1. The van der Waals surface area contributed by atoms with Crippen molar-refractivity contribution in [2.75, 3.05) is 13.1 Å². The van der Waals surface area contributed by atoms with Crippen LogP contribution in [0.1, 0.15) is 42.4 Å². The first-order valence-electron chi connectivity index (χ1n) is 7.01. The number of benzene rings is 1. The molecule has 1 amide bonds. The molecule has 2 nitrogen and oxygen atoms in total. The fourth-order valence-corrected chi connectivity index (χ4v) is 2.52. The van der Waals surface area contributed by atoms with Crippen LogP contribution in [0.25, 0.3) is 0 Å². The van der Waals surface area contributed by atoms with E-state index < -0.39 is 0 Å². The summed E-state index contributed by atoms with van der Waals surface area (Å²) in [4.78, 5) is 14.3. The Morgan fingerprint density at radius 1 is 1.06 bits per heavy atom. The van der Waals surface area contributed by atoms with Gasteiger partial charge in [-0.2, -0.15) is 0 Å². The molecule has 0 unspecified atom stereocenters. The Hall–Kier alpha value is -1.31. The van der Waals surface area contributed by atoms with Gasteiger partial charge in [0.05, 0.1) is 6.42 Å². The first-order valence-corrected chi connectivity index (χ1v) is 7.01. The molecule has 1 aliphatic heterocycles. The topological polar surface area (TPSA) is 20.3 Å². The maximum absolute atomic E-state index is 12.2. The Kier molecular flexibility index (Phi) is 4.40. The highest BCUT2D eigenvalue weighted by atomic mass is 16.2. The molecule has 0 spiro atoms. The molecular weight excluding hydrogens is 222 g/mol. The number of amides is 1. The molecule has 1 heterocycles. The van der Waals surface area contributed by atoms with Gasteiger partial charge in [-0.05, 0) is 43.4 Å². The summed E-state index contributed by atoms with van der Waals surface area (Å²) in [5, 5.41) is 0. The minimum Gasteiger partial charge on any atom is -0.342 e. The number of hydrogen-bond donors (Lipinski definition) is 0. The van der Waals surface area contributed by atoms with E-state index in [-0.39, 0.29) is 0 Å². The Bertz CT molecular complexity index is 417. The minimum absolute atomic E-state index is 0.292. The number of carbonyl (C=O) groups is 1. The van der Waals surface area contributed by atoms with Crippen molar-refractivity contribution in [3.8, 4) is 0 Å². The third-order valence-electron chi connectivity index (χ3n) is 3.89. The van der Waals surface area contributed by atoms with Gasteiger partial charge in [-0.1, -0.05) is 31.0 Å². The number of rotatable bonds is 2. The highest BCUT2D eigenvalue weighted by molar-refractivity contribution is 5.78. The van der Waals surface area contributed by atoms with E-state index >= 15 is 0 Å². The predicted molar refractivity (Wildman–Crippen MR) is 74.7 cm³/mol. The molecule has 0 aliphatic carbocycles. The highest BCUT2D eigenvalue weighted by Gasteiger charge is 2.15. The van der Waals surface area contributed by atoms with Crippen LogP contribution in [0.15, 0.2) is 18.2 Å². The van der Waals surface area contributed by atoms with Gasteiger partial charge in [0, 0.05) is 13.1 Å². The van der Waals surface area contributed by atoms with Gasteiger partial charge in [-0.25, -0.2) is 0 Å². The smallest absolute Gasteiger partial charge is 0.226 e. The van der Waals surface area contributed by atoms with Crippen LogP contribution in [0.5, 0.6) is 0 Å². The van der Waals surface area contributed by atoms with Crippen molar-refractivity contribution in [1.82, 2.24) is 4.90 Å². The zero-order valence-corrected chi connectivity index (χ0v) is 11.5. The van der Waals surface area contributed by atoms with Gasteiger partial charge in [0.1, 0.15) is 0 Å². The van der Waals surface area contributed by atoms with E-state index in [1.165, 1.54) is 36.8 Å². The molecule has 0 N–H and O–H groups in total. The van der Waals surface area contributed by atoms with Crippen LogP contribution < -0.4 is 0 Å². The van der Waals surface area contributed by atoms with Crippen molar-refractivity contribution < 1.29 is 4.79 Å². The average molecular weight is 245 g/mol. The molecule has 2 heteroatoms. The summed E-state index contributed by atoms with van der Waals surface area (Å²) in [7, 11) is 0. The van der Waals surface area contributed by atoms with Crippen molar-refractivity contribution in [1.29, 1.82) is 0 Å². The molecule has 1 fully saturated rings. The van der Waals surface area contributed by atoms with Gasteiger partial charge in [0.15, 0.2) is 0 Å². The second-order valence-corrected chi connectivity index (χ2v) is 5.39. The Morgan fingerprint density at radius 2 is 1.72 bits per heavy atom. The Morgan fingerprint density at radius 3 is 2.33 bits per heavy atom. The number of carbonyl (C=O) groups excluding carboxylic acids is 1. The van der Waals surface area contributed by atoms with Crippen molar-refractivity contribution in [2.45, 2.75) is 46.0 Å². The first kappa shape index (κ1) is 13.1. The Labute approximate surface area is 110 Å². The monoisotopic (exact) mass is 245 g/mol. The number of nitrogens with zero attached hydrogens (tertiary/aromatic N) is 1.